The molecule has 1 heterocycles. The third kappa shape index (κ3) is 9.61. The number of ether oxygens (including phenoxy) is 5. The van der Waals surface area contributed by atoms with Crippen LogP contribution in [0.3, 0.4) is 0 Å². The molecule has 46 heavy (non-hydrogen) atoms. The van der Waals surface area contributed by atoms with Crippen molar-refractivity contribution in [3.63, 3.8) is 0 Å². The average molecular weight is 728 g/mol. The van der Waals surface area contributed by atoms with E-state index in [0.29, 0.717) is 33.0 Å². The number of benzene rings is 5. The SMILES string of the molecule is c1ccc(COC[C@H]2O[C@@H]([Te]c3ccccc3)[C@H](OCc3ccccc3)[C@@H](OCc3ccccc3)[C@@H]2OCc2ccccc2)cc1. The molecule has 5 nitrogen and oxygen atoms in total. The van der Waals surface area contributed by atoms with Crippen molar-refractivity contribution in [2.45, 2.75) is 55.0 Å². The topological polar surface area (TPSA) is 46.2 Å². The molecule has 0 radical (unpaired) electrons. The molecule has 0 amide bonds. The first-order chi connectivity index (χ1) is 22.8. The Bertz CT molecular complexity index is 1540. The Labute approximate surface area is 282 Å². The second kappa shape index (κ2) is 17.6. The molecule has 1 saturated heterocycles. The normalized spacial score (nSPS) is 21.2. The molecule has 0 aliphatic carbocycles. The first kappa shape index (κ1) is 32.6. The maximum atomic E-state index is 7.02. The van der Waals surface area contributed by atoms with Crippen LogP contribution in [-0.2, 0) is 50.1 Å². The zero-order valence-electron chi connectivity index (χ0n) is 25.8. The van der Waals surface area contributed by atoms with Gasteiger partial charge in [0.25, 0.3) is 0 Å². The Hall–Kier alpha value is -3.31. The summed E-state index contributed by atoms with van der Waals surface area (Å²) in [6.45, 7) is 2.20. The molecule has 0 N–H and O–H groups in total. The van der Waals surface area contributed by atoms with Crippen molar-refractivity contribution in [3.8, 4) is 0 Å². The molecule has 0 saturated carbocycles. The van der Waals surface area contributed by atoms with Gasteiger partial charge in [-0.1, -0.05) is 0 Å². The van der Waals surface area contributed by atoms with Crippen LogP contribution >= 0.6 is 0 Å². The first-order valence-corrected chi connectivity index (χ1v) is 18.3. The van der Waals surface area contributed by atoms with Gasteiger partial charge in [-0.05, 0) is 0 Å². The van der Waals surface area contributed by atoms with E-state index in [-0.39, 0.29) is 22.5 Å². The summed E-state index contributed by atoms with van der Waals surface area (Å²) < 4.78 is 35.0. The zero-order valence-corrected chi connectivity index (χ0v) is 28.1. The first-order valence-electron chi connectivity index (χ1n) is 15.8. The van der Waals surface area contributed by atoms with Gasteiger partial charge in [0, 0.05) is 0 Å². The summed E-state index contributed by atoms with van der Waals surface area (Å²) >= 11 is -0.844. The third-order valence-corrected chi connectivity index (χ3v) is 11.1. The van der Waals surface area contributed by atoms with Gasteiger partial charge in [0.15, 0.2) is 0 Å². The second-order valence-corrected chi connectivity index (χ2v) is 14.6. The Kier molecular flexibility index (Phi) is 12.5. The summed E-state index contributed by atoms with van der Waals surface area (Å²) in [5.41, 5.74) is 4.43. The third-order valence-electron chi connectivity index (χ3n) is 7.84. The van der Waals surface area contributed by atoms with Crippen molar-refractivity contribution in [2.75, 3.05) is 6.61 Å². The van der Waals surface area contributed by atoms with Gasteiger partial charge in [0.1, 0.15) is 0 Å². The van der Waals surface area contributed by atoms with Crippen LogP contribution in [0.1, 0.15) is 22.3 Å². The van der Waals surface area contributed by atoms with Gasteiger partial charge in [-0.25, -0.2) is 0 Å². The predicted molar refractivity (Wildman–Crippen MR) is 182 cm³/mol. The standard InChI is InChI=1S/C40H40O5Te/c1-6-16-31(17-7-1)26-41-30-36-37(42-27-32-18-8-2-9-19-32)38(43-28-33-20-10-3-11-21-33)39(44-29-34-22-12-4-13-23-34)40(45-36)46-35-24-14-5-15-25-35/h1-25,36-40H,26-30H2/t36-,37-,38+,39-,40+/m1/s1. The summed E-state index contributed by atoms with van der Waals surface area (Å²) in [6, 6.07) is 51.7. The summed E-state index contributed by atoms with van der Waals surface area (Å²) in [6.07, 6.45) is -1.48. The van der Waals surface area contributed by atoms with E-state index in [1.54, 1.807) is 0 Å². The molecule has 5 atom stereocenters. The van der Waals surface area contributed by atoms with Crippen LogP contribution in [0.5, 0.6) is 0 Å². The molecule has 0 unspecified atom stereocenters. The van der Waals surface area contributed by atoms with Gasteiger partial charge in [0.05, 0.1) is 0 Å². The molecule has 6 heteroatoms. The fraction of sp³-hybridized carbons (Fsp3) is 0.250. The average Bonchev–Trinajstić information content (AvgIpc) is 3.12. The van der Waals surface area contributed by atoms with Gasteiger partial charge in [0.2, 0.25) is 0 Å². The van der Waals surface area contributed by atoms with E-state index >= 15 is 0 Å². The molecule has 1 aliphatic heterocycles. The zero-order chi connectivity index (χ0) is 31.2. The number of rotatable bonds is 15. The van der Waals surface area contributed by atoms with E-state index < -0.39 is 27.0 Å². The van der Waals surface area contributed by atoms with E-state index in [9.17, 15) is 0 Å². The Morgan fingerprint density at radius 2 is 0.826 bits per heavy atom. The predicted octanol–water partition coefficient (Wildman–Crippen LogP) is 6.71. The molecule has 236 valence electrons. The van der Waals surface area contributed by atoms with E-state index in [4.69, 9.17) is 23.7 Å². The fourth-order valence-electron chi connectivity index (χ4n) is 5.48. The van der Waals surface area contributed by atoms with Crippen LogP contribution in [0.2, 0.25) is 0 Å². The minimum atomic E-state index is -0.844. The van der Waals surface area contributed by atoms with Gasteiger partial charge in [-0.15, -0.1) is 0 Å². The Morgan fingerprint density at radius 1 is 0.435 bits per heavy atom. The van der Waals surface area contributed by atoms with Crippen molar-refractivity contribution in [3.05, 3.63) is 174 Å². The van der Waals surface area contributed by atoms with Crippen molar-refractivity contribution in [1.82, 2.24) is 0 Å². The molecule has 5 aromatic rings. The van der Waals surface area contributed by atoms with Gasteiger partial charge in [-0.2, -0.15) is 0 Å². The number of hydrogen-bond donors (Lipinski definition) is 0. The van der Waals surface area contributed by atoms with E-state index in [1.165, 1.54) is 3.61 Å². The summed E-state index contributed by atoms with van der Waals surface area (Å²) in [7, 11) is 0. The molecular formula is C40H40O5Te. The Balaban J connectivity index is 1.31. The summed E-state index contributed by atoms with van der Waals surface area (Å²) in [4.78, 5) is 0. The van der Waals surface area contributed by atoms with E-state index in [2.05, 4.69) is 78.9 Å². The Morgan fingerprint density at radius 3 is 1.30 bits per heavy atom. The molecule has 0 aromatic heterocycles. The molecule has 6 rings (SSSR count). The second-order valence-electron chi connectivity index (χ2n) is 11.3. The summed E-state index contributed by atoms with van der Waals surface area (Å²) in [5, 5.41) is 0. The van der Waals surface area contributed by atoms with E-state index in [1.807, 2.05) is 72.8 Å². The van der Waals surface area contributed by atoms with Crippen molar-refractivity contribution in [2.24, 2.45) is 0 Å². The molecule has 5 aromatic carbocycles. The van der Waals surface area contributed by atoms with Crippen LogP contribution in [0.4, 0.5) is 0 Å². The van der Waals surface area contributed by atoms with Crippen molar-refractivity contribution < 1.29 is 23.7 Å². The molecule has 0 spiro atoms. The summed E-state index contributed by atoms with van der Waals surface area (Å²) in [5.74, 6) is 0. The van der Waals surface area contributed by atoms with Gasteiger partial charge >= 0.3 is 284 Å². The minimum absolute atomic E-state index is 0.154. The van der Waals surface area contributed by atoms with Crippen molar-refractivity contribution >= 4 is 24.5 Å². The van der Waals surface area contributed by atoms with Gasteiger partial charge in [-0.3, -0.25) is 0 Å². The molecule has 1 aliphatic rings. The molecule has 1 fully saturated rings. The molecular weight excluding hydrogens is 688 g/mol. The van der Waals surface area contributed by atoms with Crippen LogP contribution in [0, 0.1) is 0 Å². The monoisotopic (exact) mass is 730 g/mol. The van der Waals surface area contributed by atoms with E-state index in [0.717, 1.165) is 22.3 Å². The van der Waals surface area contributed by atoms with Crippen molar-refractivity contribution in [1.29, 1.82) is 0 Å². The number of hydrogen-bond acceptors (Lipinski definition) is 5. The van der Waals surface area contributed by atoms with Crippen LogP contribution in [0.15, 0.2) is 152 Å². The van der Waals surface area contributed by atoms with Crippen LogP contribution < -0.4 is 3.61 Å². The van der Waals surface area contributed by atoms with Gasteiger partial charge < -0.3 is 0 Å². The maximum absolute atomic E-state index is 7.02. The fourth-order valence-corrected chi connectivity index (χ4v) is 8.75. The van der Waals surface area contributed by atoms with Crippen LogP contribution in [0.25, 0.3) is 0 Å². The molecule has 0 bridgehead atoms. The van der Waals surface area contributed by atoms with Crippen LogP contribution in [-0.4, -0.2) is 56.1 Å². The quantitative estimate of drug-likeness (QED) is 0.112.